The number of hydrogen-bond donors (Lipinski definition) is 1. The number of nitrogens with one attached hydrogen (secondary N) is 1. The highest BCUT2D eigenvalue weighted by Crippen LogP contribution is 2.49. The molecular formula is C58H62N4. The van der Waals surface area contributed by atoms with E-state index in [0.717, 1.165) is 24.9 Å². The summed E-state index contributed by atoms with van der Waals surface area (Å²) in [5.74, 6) is 1.39. The Bertz CT molecular complexity index is 2900. The van der Waals surface area contributed by atoms with Crippen LogP contribution in [-0.2, 0) is 0 Å². The summed E-state index contributed by atoms with van der Waals surface area (Å²) in [6.45, 7) is 7.00. The van der Waals surface area contributed by atoms with Crippen LogP contribution in [0.15, 0.2) is 121 Å². The summed E-state index contributed by atoms with van der Waals surface area (Å²) >= 11 is 0. The van der Waals surface area contributed by atoms with E-state index in [-0.39, 0.29) is 0 Å². The van der Waals surface area contributed by atoms with Crippen LogP contribution in [0.4, 0.5) is 0 Å². The molecule has 1 fully saturated rings. The molecule has 4 nitrogen and oxygen atoms in total. The largest absolute Gasteiger partial charge is 0.310 e. The molecule has 0 amide bonds. The maximum Gasteiger partial charge on any atom is 0.0539 e. The van der Waals surface area contributed by atoms with Gasteiger partial charge < -0.3 is 19.1 Å². The van der Waals surface area contributed by atoms with Gasteiger partial charge in [0.25, 0.3) is 0 Å². The van der Waals surface area contributed by atoms with Gasteiger partial charge in [0.1, 0.15) is 0 Å². The molecule has 0 radical (unpaired) electrons. The highest BCUT2D eigenvalue weighted by atomic mass is 15.0. The van der Waals surface area contributed by atoms with Crippen molar-refractivity contribution in [3.8, 4) is 17.1 Å². The maximum absolute atomic E-state index is 8.03. The fourth-order valence-corrected chi connectivity index (χ4v) is 11.7. The summed E-state index contributed by atoms with van der Waals surface area (Å²) in [6.07, 6.45) is 33.0. The average Bonchev–Trinajstić information content (AvgIpc) is 4.03. The zero-order valence-corrected chi connectivity index (χ0v) is 37.0. The van der Waals surface area contributed by atoms with E-state index in [1.807, 2.05) is 6.08 Å². The van der Waals surface area contributed by atoms with Crippen molar-refractivity contribution in [3.05, 3.63) is 155 Å². The van der Waals surface area contributed by atoms with Crippen molar-refractivity contribution in [1.29, 1.82) is 5.41 Å². The van der Waals surface area contributed by atoms with Crippen molar-refractivity contribution in [3.63, 3.8) is 0 Å². The molecule has 3 aromatic heterocycles. The molecule has 3 heterocycles. The molecule has 62 heavy (non-hydrogen) atoms. The summed E-state index contributed by atoms with van der Waals surface area (Å²) in [6, 6.07) is 34.6. The van der Waals surface area contributed by atoms with Crippen molar-refractivity contribution >= 4 is 57.2 Å². The first-order valence-electron chi connectivity index (χ1n) is 23.9. The smallest absolute Gasteiger partial charge is 0.0539 e. The molecule has 0 spiro atoms. The number of allylic oxidation sites excluding steroid dienone is 5. The number of unbranched alkanes of at least 4 members (excludes halogenated alkanes) is 2. The van der Waals surface area contributed by atoms with Gasteiger partial charge in [0.15, 0.2) is 0 Å². The molecular weight excluding hydrogens is 753 g/mol. The third-order valence-corrected chi connectivity index (χ3v) is 14.5. The molecule has 4 aromatic carbocycles. The SMILES string of the molecule is CCCCC(CC)c1c(/C=C\C=N)n(-c2ccccc2)c2ccc(-n3c4c(c5cc(-n6c7c(c8ccccc86)C6CCCC6=CC=C7)ccc53)C(CCCC)CCC/C=C\4)cc12. The molecule has 0 aliphatic heterocycles. The van der Waals surface area contributed by atoms with Crippen molar-refractivity contribution in [2.45, 2.75) is 122 Å². The van der Waals surface area contributed by atoms with Crippen LogP contribution in [-0.4, -0.2) is 19.9 Å². The summed E-state index contributed by atoms with van der Waals surface area (Å²) in [4.78, 5) is 0. The minimum Gasteiger partial charge on any atom is -0.310 e. The maximum atomic E-state index is 8.03. The van der Waals surface area contributed by atoms with E-state index in [1.165, 1.54) is 148 Å². The first-order chi connectivity index (χ1) is 30.6. The van der Waals surface area contributed by atoms with Crippen LogP contribution < -0.4 is 0 Å². The molecule has 3 aliphatic carbocycles. The van der Waals surface area contributed by atoms with Crippen LogP contribution in [0.3, 0.4) is 0 Å². The van der Waals surface area contributed by atoms with E-state index < -0.39 is 0 Å². The topological polar surface area (TPSA) is 38.6 Å². The van der Waals surface area contributed by atoms with Gasteiger partial charge in [-0.1, -0.05) is 107 Å². The molecule has 3 atom stereocenters. The first kappa shape index (κ1) is 40.2. The van der Waals surface area contributed by atoms with Crippen LogP contribution in [0.1, 0.15) is 156 Å². The number of para-hydroxylation sites is 2. The van der Waals surface area contributed by atoms with Gasteiger partial charge in [0.05, 0.1) is 27.9 Å². The number of benzene rings is 4. The lowest BCUT2D eigenvalue weighted by molar-refractivity contribution is 0.531. The zero-order valence-electron chi connectivity index (χ0n) is 37.0. The van der Waals surface area contributed by atoms with Gasteiger partial charge in [-0.15, -0.1) is 0 Å². The second-order valence-electron chi connectivity index (χ2n) is 18.1. The van der Waals surface area contributed by atoms with Crippen LogP contribution >= 0.6 is 0 Å². The lowest BCUT2D eigenvalue weighted by atomic mass is 9.85. The Balaban J connectivity index is 1.24. The normalized spacial score (nSPS) is 18.4. The predicted octanol–water partition coefficient (Wildman–Crippen LogP) is 16.6. The summed E-state index contributed by atoms with van der Waals surface area (Å²) in [7, 11) is 0. The summed E-state index contributed by atoms with van der Waals surface area (Å²) in [5, 5.41) is 12.1. The second-order valence-corrected chi connectivity index (χ2v) is 18.1. The van der Waals surface area contributed by atoms with Gasteiger partial charge in [0.2, 0.25) is 0 Å². The zero-order chi connectivity index (χ0) is 42.2. The Labute approximate surface area is 368 Å². The molecule has 7 aromatic rings. The van der Waals surface area contributed by atoms with Crippen molar-refractivity contribution in [2.75, 3.05) is 0 Å². The Morgan fingerprint density at radius 2 is 1.42 bits per heavy atom. The van der Waals surface area contributed by atoms with E-state index in [9.17, 15) is 0 Å². The predicted molar refractivity (Wildman–Crippen MR) is 266 cm³/mol. The number of aromatic nitrogens is 3. The van der Waals surface area contributed by atoms with Crippen LogP contribution in [0, 0.1) is 5.41 Å². The third kappa shape index (κ3) is 6.87. The number of hydrogen-bond acceptors (Lipinski definition) is 1. The lowest BCUT2D eigenvalue weighted by Crippen LogP contribution is -2.05. The molecule has 1 saturated carbocycles. The minimum absolute atomic E-state index is 0.405. The standard InChI is InChI=1S/C58H62N4/c1-4-7-20-40(6-3)56-48-38-45(33-35-51(48)60(54(56)32-19-37-59)43-25-12-10-13-26-43)62-52-36-34-44(39-49(52)57-42(21-8-5-2)22-11-9-14-30-53(57)62)61-50-29-16-15-27-47(50)58-46-28-17-23-41(46)24-18-31-55(58)61/h10,12-16,18-19,24-27,29-40,42,46,59H,4-9,11,17,20-23,28H2,1-3H3/b30-14-,32-19-,59-37?. The van der Waals surface area contributed by atoms with E-state index in [2.05, 4.69) is 162 Å². The van der Waals surface area contributed by atoms with Crippen LogP contribution in [0.25, 0.3) is 68.0 Å². The monoisotopic (exact) mass is 814 g/mol. The van der Waals surface area contributed by atoms with Gasteiger partial charge in [-0.2, -0.15) is 0 Å². The first-order valence-corrected chi connectivity index (χ1v) is 23.9. The van der Waals surface area contributed by atoms with E-state index in [1.54, 1.807) is 5.57 Å². The van der Waals surface area contributed by atoms with Crippen molar-refractivity contribution in [2.24, 2.45) is 0 Å². The molecule has 3 aliphatic rings. The van der Waals surface area contributed by atoms with E-state index in [4.69, 9.17) is 5.41 Å². The molecule has 0 saturated heterocycles. The average molecular weight is 815 g/mol. The highest BCUT2D eigenvalue weighted by molar-refractivity contribution is 5.98. The highest BCUT2D eigenvalue weighted by Gasteiger charge is 2.32. The Morgan fingerprint density at radius 1 is 0.694 bits per heavy atom. The molecule has 314 valence electrons. The van der Waals surface area contributed by atoms with Crippen molar-refractivity contribution < 1.29 is 0 Å². The Morgan fingerprint density at radius 3 is 2.19 bits per heavy atom. The third-order valence-electron chi connectivity index (χ3n) is 14.5. The number of nitrogens with zero attached hydrogens (tertiary/aromatic N) is 3. The van der Waals surface area contributed by atoms with Gasteiger partial charge in [-0.25, -0.2) is 0 Å². The summed E-state index contributed by atoms with van der Waals surface area (Å²) in [5.41, 5.74) is 17.4. The van der Waals surface area contributed by atoms with Gasteiger partial charge in [0, 0.05) is 51.0 Å². The number of fused-ring (bicyclic) bond motifs is 9. The van der Waals surface area contributed by atoms with Gasteiger partial charge >= 0.3 is 0 Å². The Kier molecular flexibility index (Phi) is 11.3. The summed E-state index contributed by atoms with van der Waals surface area (Å²) < 4.78 is 7.63. The Hall–Kier alpha value is -5.87. The molecule has 0 bridgehead atoms. The van der Waals surface area contributed by atoms with Crippen LogP contribution in [0.5, 0.6) is 0 Å². The fraction of sp³-hybridized carbons (Fsp3) is 0.328. The molecule has 3 unspecified atom stereocenters. The molecule has 4 heteroatoms. The van der Waals surface area contributed by atoms with Gasteiger partial charge in [-0.3, -0.25) is 0 Å². The quantitative estimate of drug-likeness (QED) is 0.113. The van der Waals surface area contributed by atoms with E-state index >= 15 is 0 Å². The molecule has 10 rings (SSSR count). The minimum atomic E-state index is 0.405. The lowest BCUT2D eigenvalue weighted by Gasteiger charge is -2.20. The van der Waals surface area contributed by atoms with Crippen LogP contribution in [0.2, 0.25) is 0 Å². The van der Waals surface area contributed by atoms with Crippen molar-refractivity contribution in [1.82, 2.24) is 13.7 Å². The second kappa shape index (κ2) is 17.5. The van der Waals surface area contributed by atoms with E-state index in [0.29, 0.717) is 17.8 Å². The fourth-order valence-electron chi connectivity index (χ4n) is 11.7. The van der Waals surface area contributed by atoms with Gasteiger partial charge in [-0.05, 0) is 165 Å². The number of rotatable bonds is 13. The molecule has 1 N–H and O–H groups in total.